The van der Waals surface area contributed by atoms with Gasteiger partial charge in [0.1, 0.15) is 0 Å². The Bertz CT molecular complexity index is 272. The van der Waals surface area contributed by atoms with Crippen molar-refractivity contribution in [1.29, 1.82) is 0 Å². The van der Waals surface area contributed by atoms with Crippen LogP contribution in [0.3, 0.4) is 0 Å². The molecule has 0 amide bonds. The predicted octanol–water partition coefficient (Wildman–Crippen LogP) is 3.29. The zero-order valence-electron chi connectivity index (χ0n) is 11.3. The van der Waals surface area contributed by atoms with Crippen molar-refractivity contribution < 1.29 is 0 Å². The van der Waals surface area contributed by atoms with Gasteiger partial charge in [-0.25, -0.2) is 0 Å². The number of benzene rings is 1. The Morgan fingerprint density at radius 2 is 1.71 bits per heavy atom. The number of anilines is 1. The van der Waals surface area contributed by atoms with E-state index in [9.17, 15) is 0 Å². The highest BCUT2D eigenvalue weighted by Gasteiger charge is 2.04. The Morgan fingerprint density at radius 3 is 2.35 bits per heavy atom. The lowest BCUT2D eigenvalue weighted by molar-refractivity contribution is 0.636. The molecule has 96 valence electrons. The van der Waals surface area contributed by atoms with E-state index >= 15 is 0 Å². The Balaban J connectivity index is 2.43. The van der Waals surface area contributed by atoms with E-state index in [-0.39, 0.29) is 0 Å². The minimum Gasteiger partial charge on any atom is -0.371 e. The van der Waals surface area contributed by atoms with Gasteiger partial charge in [-0.2, -0.15) is 0 Å². The lowest BCUT2D eigenvalue weighted by Crippen LogP contribution is -2.28. The summed E-state index contributed by atoms with van der Waals surface area (Å²) in [6.45, 7) is 8.92. The van der Waals surface area contributed by atoms with E-state index in [0.717, 1.165) is 19.6 Å². The first-order valence-electron chi connectivity index (χ1n) is 6.89. The van der Waals surface area contributed by atoms with Crippen molar-refractivity contribution in [3.63, 3.8) is 0 Å². The summed E-state index contributed by atoms with van der Waals surface area (Å²) >= 11 is 0. The molecular weight excluding hydrogens is 208 g/mol. The number of hydrogen-bond acceptors (Lipinski definition) is 2. The topological polar surface area (TPSA) is 15.3 Å². The fourth-order valence-corrected chi connectivity index (χ4v) is 1.93. The van der Waals surface area contributed by atoms with Gasteiger partial charge in [-0.1, -0.05) is 38.5 Å². The number of rotatable bonds is 9. The third-order valence-corrected chi connectivity index (χ3v) is 2.93. The normalized spacial score (nSPS) is 10.5. The molecule has 0 spiro atoms. The van der Waals surface area contributed by atoms with Crippen LogP contribution >= 0.6 is 0 Å². The van der Waals surface area contributed by atoms with Crippen LogP contribution in [0.4, 0.5) is 5.69 Å². The Labute approximate surface area is 106 Å². The molecule has 0 saturated heterocycles. The van der Waals surface area contributed by atoms with E-state index in [4.69, 9.17) is 0 Å². The SMILES string of the molecule is CCCCN(CCCNCC)c1ccccc1. The minimum atomic E-state index is 1.07. The molecule has 0 atom stereocenters. The van der Waals surface area contributed by atoms with E-state index in [2.05, 4.69) is 54.4 Å². The summed E-state index contributed by atoms with van der Waals surface area (Å²) in [4.78, 5) is 2.50. The fraction of sp³-hybridized carbons (Fsp3) is 0.600. The summed E-state index contributed by atoms with van der Waals surface area (Å²) in [5, 5.41) is 3.38. The molecule has 0 unspecified atom stereocenters. The van der Waals surface area contributed by atoms with Gasteiger partial charge in [-0.05, 0) is 38.1 Å². The Hall–Kier alpha value is -1.02. The molecule has 1 aromatic carbocycles. The second-order valence-corrected chi connectivity index (χ2v) is 4.38. The molecule has 2 heteroatoms. The van der Waals surface area contributed by atoms with E-state index in [1.165, 1.54) is 31.5 Å². The zero-order valence-corrected chi connectivity index (χ0v) is 11.3. The zero-order chi connectivity index (χ0) is 12.3. The van der Waals surface area contributed by atoms with Crippen LogP contribution in [0.5, 0.6) is 0 Å². The van der Waals surface area contributed by atoms with Crippen molar-refractivity contribution in [1.82, 2.24) is 5.32 Å². The van der Waals surface area contributed by atoms with E-state index in [1.54, 1.807) is 0 Å². The van der Waals surface area contributed by atoms with Crippen molar-refractivity contribution in [2.24, 2.45) is 0 Å². The van der Waals surface area contributed by atoms with Crippen LogP contribution in [0.25, 0.3) is 0 Å². The summed E-state index contributed by atoms with van der Waals surface area (Å²) in [6.07, 6.45) is 3.75. The third kappa shape index (κ3) is 5.73. The molecule has 0 radical (unpaired) electrons. The van der Waals surface area contributed by atoms with Crippen LogP contribution in [0.15, 0.2) is 30.3 Å². The molecule has 0 aliphatic rings. The van der Waals surface area contributed by atoms with Gasteiger partial charge in [-0.3, -0.25) is 0 Å². The molecule has 0 aliphatic heterocycles. The van der Waals surface area contributed by atoms with Gasteiger partial charge in [0.2, 0.25) is 0 Å². The average Bonchev–Trinajstić information content (AvgIpc) is 2.39. The standard InChI is InChI=1S/C15H26N2/c1-3-5-13-17(14-9-12-16-4-2)15-10-7-6-8-11-15/h6-8,10-11,16H,3-5,9,12-14H2,1-2H3. The van der Waals surface area contributed by atoms with Crippen LogP contribution < -0.4 is 10.2 Å². The molecule has 1 rings (SSSR count). The molecule has 0 aromatic heterocycles. The quantitative estimate of drug-likeness (QED) is 0.660. The largest absolute Gasteiger partial charge is 0.371 e. The van der Waals surface area contributed by atoms with Gasteiger partial charge < -0.3 is 10.2 Å². The maximum Gasteiger partial charge on any atom is 0.0366 e. The summed E-state index contributed by atoms with van der Waals surface area (Å²) in [7, 11) is 0. The predicted molar refractivity (Wildman–Crippen MR) is 76.7 cm³/mol. The first-order valence-corrected chi connectivity index (χ1v) is 6.89. The smallest absolute Gasteiger partial charge is 0.0366 e. The highest BCUT2D eigenvalue weighted by Crippen LogP contribution is 2.14. The Kier molecular flexibility index (Phi) is 7.48. The average molecular weight is 234 g/mol. The van der Waals surface area contributed by atoms with Gasteiger partial charge in [0.25, 0.3) is 0 Å². The van der Waals surface area contributed by atoms with Gasteiger partial charge in [0.05, 0.1) is 0 Å². The van der Waals surface area contributed by atoms with Crippen molar-refractivity contribution in [2.45, 2.75) is 33.1 Å². The van der Waals surface area contributed by atoms with Crippen LogP contribution in [-0.4, -0.2) is 26.2 Å². The maximum absolute atomic E-state index is 3.38. The summed E-state index contributed by atoms with van der Waals surface area (Å²) in [6, 6.07) is 10.8. The molecule has 17 heavy (non-hydrogen) atoms. The van der Waals surface area contributed by atoms with Crippen molar-refractivity contribution >= 4 is 5.69 Å². The van der Waals surface area contributed by atoms with Crippen LogP contribution in [0.2, 0.25) is 0 Å². The van der Waals surface area contributed by atoms with Gasteiger partial charge >= 0.3 is 0 Å². The molecule has 0 fully saturated rings. The fourth-order valence-electron chi connectivity index (χ4n) is 1.93. The molecule has 0 bridgehead atoms. The van der Waals surface area contributed by atoms with Gasteiger partial charge in [-0.15, -0.1) is 0 Å². The molecule has 1 N–H and O–H groups in total. The molecule has 2 nitrogen and oxygen atoms in total. The van der Waals surface area contributed by atoms with Crippen LogP contribution in [0, 0.1) is 0 Å². The van der Waals surface area contributed by atoms with Crippen molar-refractivity contribution in [2.75, 3.05) is 31.1 Å². The summed E-state index contributed by atoms with van der Waals surface area (Å²) < 4.78 is 0. The van der Waals surface area contributed by atoms with E-state index in [0.29, 0.717) is 0 Å². The van der Waals surface area contributed by atoms with Gasteiger partial charge in [0.15, 0.2) is 0 Å². The minimum absolute atomic E-state index is 1.07. The molecule has 0 heterocycles. The summed E-state index contributed by atoms with van der Waals surface area (Å²) in [5.41, 5.74) is 1.36. The molecule has 0 aliphatic carbocycles. The second kappa shape index (κ2) is 9.06. The number of nitrogens with zero attached hydrogens (tertiary/aromatic N) is 1. The third-order valence-electron chi connectivity index (χ3n) is 2.93. The van der Waals surface area contributed by atoms with Crippen molar-refractivity contribution in [3.8, 4) is 0 Å². The first kappa shape index (κ1) is 14.0. The Morgan fingerprint density at radius 1 is 1.00 bits per heavy atom. The van der Waals surface area contributed by atoms with Crippen molar-refractivity contribution in [3.05, 3.63) is 30.3 Å². The lowest BCUT2D eigenvalue weighted by Gasteiger charge is -2.24. The molecule has 0 saturated carbocycles. The van der Waals surface area contributed by atoms with E-state index < -0.39 is 0 Å². The molecular formula is C15H26N2. The monoisotopic (exact) mass is 234 g/mol. The van der Waals surface area contributed by atoms with Crippen LogP contribution in [-0.2, 0) is 0 Å². The number of hydrogen-bond donors (Lipinski definition) is 1. The number of para-hydroxylation sites is 1. The highest BCUT2D eigenvalue weighted by atomic mass is 15.1. The lowest BCUT2D eigenvalue weighted by atomic mass is 10.2. The maximum atomic E-state index is 3.38. The highest BCUT2D eigenvalue weighted by molar-refractivity contribution is 5.45. The van der Waals surface area contributed by atoms with Crippen LogP contribution in [0.1, 0.15) is 33.1 Å². The molecule has 1 aromatic rings. The number of unbranched alkanes of at least 4 members (excludes halogenated alkanes) is 1. The van der Waals surface area contributed by atoms with E-state index in [1.807, 2.05) is 0 Å². The van der Waals surface area contributed by atoms with Gasteiger partial charge in [0, 0.05) is 18.8 Å². The number of nitrogens with one attached hydrogen (secondary N) is 1. The summed E-state index contributed by atoms with van der Waals surface area (Å²) in [5.74, 6) is 0. The second-order valence-electron chi connectivity index (χ2n) is 4.38. The first-order chi connectivity index (χ1) is 8.38.